The van der Waals surface area contributed by atoms with E-state index in [0.717, 1.165) is 0 Å². The molecule has 0 bridgehead atoms. The minimum absolute atomic E-state index is 0.0348. The second-order valence-electron chi connectivity index (χ2n) is 7.59. The maximum atomic E-state index is 12.4. The first-order valence-corrected chi connectivity index (χ1v) is 9.14. The summed E-state index contributed by atoms with van der Waals surface area (Å²) in [5, 5.41) is 2.76. The van der Waals surface area contributed by atoms with E-state index in [1.165, 1.54) is 6.07 Å². The minimum Gasteiger partial charge on any atom is -0.485 e. The van der Waals surface area contributed by atoms with Gasteiger partial charge < -0.3 is 14.8 Å². The van der Waals surface area contributed by atoms with Gasteiger partial charge in [-0.25, -0.2) is 0 Å². The molecule has 0 spiro atoms. The summed E-state index contributed by atoms with van der Waals surface area (Å²) in [5.74, 6) is -0.201. The van der Waals surface area contributed by atoms with Crippen LogP contribution in [-0.2, 0) is 9.59 Å². The van der Waals surface area contributed by atoms with Gasteiger partial charge in [-0.05, 0) is 30.3 Å². The van der Waals surface area contributed by atoms with Crippen LogP contribution in [0.15, 0.2) is 48.5 Å². The third-order valence-electron chi connectivity index (χ3n) is 4.16. The molecule has 0 radical (unpaired) electrons. The van der Waals surface area contributed by atoms with Gasteiger partial charge in [0.2, 0.25) is 12.0 Å². The van der Waals surface area contributed by atoms with Crippen LogP contribution in [0.25, 0.3) is 0 Å². The Morgan fingerprint density at radius 2 is 1.69 bits per heavy atom. The van der Waals surface area contributed by atoms with E-state index in [1.807, 2.05) is 0 Å². The SMILES string of the molecule is CC(C)(C)C(=O)Nc1cccc(C(=O)NNC(=O)C2COc3ccccc3O2)c1. The summed E-state index contributed by atoms with van der Waals surface area (Å²) in [5.41, 5.74) is 4.89. The zero-order valence-corrected chi connectivity index (χ0v) is 16.4. The number of nitrogens with one attached hydrogen (secondary N) is 3. The van der Waals surface area contributed by atoms with Crippen molar-refractivity contribution in [1.29, 1.82) is 0 Å². The molecule has 0 aliphatic carbocycles. The van der Waals surface area contributed by atoms with Crippen LogP contribution in [0.5, 0.6) is 11.5 Å². The molecule has 1 aliphatic rings. The van der Waals surface area contributed by atoms with Gasteiger partial charge in [0, 0.05) is 16.7 Å². The van der Waals surface area contributed by atoms with Crippen LogP contribution in [0.4, 0.5) is 5.69 Å². The molecule has 1 heterocycles. The average molecular weight is 397 g/mol. The van der Waals surface area contributed by atoms with Gasteiger partial charge in [-0.3, -0.25) is 25.2 Å². The zero-order chi connectivity index (χ0) is 21.0. The highest BCUT2D eigenvalue weighted by atomic mass is 16.6. The van der Waals surface area contributed by atoms with Crippen LogP contribution in [-0.4, -0.2) is 30.4 Å². The average Bonchev–Trinajstić information content (AvgIpc) is 2.70. The Kier molecular flexibility index (Phi) is 5.72. The molecular weight excluding hydrogens is 374 g/mol. The molecule has 3 N–H and O–H groups in total. The molecule has 1 atom stereocenters. The summed E-state index contributed by atoms with van der Waals surface area (Å²) in [7, 11) is 0. The van der Waals surface area contributed by atoms with Crippen LogP contribution in [0.1, 0.15) is 31.1 Å². The van der Waals surface area contributed by atoms with Gasteiger partial charge in [0.15, 0.2) is 11.5 Å². The van der Waals surface area contributed by atoms with Gasteiger partial charge in [-0.1, -0.05) is 39.0 Å². The molecule has 3 amide bonds. The summed E-state index contributed by atoms with van der Waals surface area (Å²) >= 11 is 0. The highest BCUT2D eigenvalue weighted by Crippen LogP contribution is 2.30. The number of hydrazine groups is 1. The number of anilines is 1. The second kappa shape index (κ2) is 8.22. The molecule has 1 unspecified atom stereocenters. The van der Waals surface area contributed by atoms with Crippen LogP contribution in [0, 0.1) is 5.41 Å². The van der Waals surface area contributed by atoms with Gasteiger partial charge in [-0.15, -0.1) is 0 Å². The van der Waals surface area contributed by atoms with E-state index >= 15 is 0 Å². The topological polar surface area (TPSA) is 106 Å². The van der Waals surface area contributed by atoms with Crippen molar-refractivity contribution in [2.24, 2.45) is 5.41 Å². The van der Waals surface area contributed by atoms with Crippen molar-refractivity contribution in [3.8, 4) is 11.5 Å². The number of carbonyl (C=O) groups excluding carboxylic acids is 3. The Balaban J connectivity index is 1.56. The summed E-state index contributed by atoms with van der Waals surface area (Å²) in [6, 6.07) is 13.5. The number of hydrogen-bond donors (Lipinski definition) is 3. The molecule has 29 heavy (non-hydrogen) atoms. The number of carbonyl (C=O) groups is 3. The maximum absolute atomic E-state index is 12.4. The molecule has 0 saturated heterocycles. The van der Waals surface area contributed by atoms with E-state index in [1.54, 1.807) is 63.2 Å². The third kappa shape index (κ3) is 5.04. The first kappa shape index (κ1) is 20.2. The standard InChI is InChI=1S/C21H23N3O5/c1-21(2,3)20(27)22-14-8-6-7-13(11-14)18(25)23-24-19(26)17-12-28-15-9-4-5-10-16(15)29-17/h4-11,17H,12H2,1-3H3,(H,22,27)(H,23,25)(H,24,26). The minimum atomic E-state index is -0.886. The van der Waals surface area contributed by atoms with Crippen molar-refractivity contribution < 1.29 is 23.9 Å². The van der Waals surface area contributed by atoms with Crippen molar-refractivity contribution in [1.82, 2.24) is 10.9 Å². The van der Waals surface area contributed by atoms with Crippen LogP contribution < -0.4 is 25.6 Å². The summed E-state index contributed by atoms with van der Waals surface area (Å²) in [6.07, 6.45) is -0.886. The second-order valence-corrected chi connectivity index (χ2v) is 7.59. The van der Waals surface area contributed by atoms with Crippen molar-refractivity contribution in [2.75, 3.05) is 11.9 Å². The molecule has 2 aromatic rings. The number of fused-ring (bicyclic) bond motifs is 1. The van der Waals surface area contributed by atoms with Crippen LogP contribution in [0.3, 0.4) is 0 Å². The number of rotatable bonds is 3. The third-order valence-corrected chi connectivity index (χ3v) is 4.16. The largest absolute Gasteiger partial charge is 0.485 e. The molecule has 3 rings (SSSR count). The smallest absolute Gasteiger partial charge is 0.283 e. The number of hydrogen-bond acceptors (Lipinski definition) is 5. The summed E-state index contributed by atoms with van der Waals surface area (Å²) in [6.45, 7) is 5.42. The van der Waals surface area contributed by atoms with Crippen molar-refractivity contribution in [2.45, 2.75) is 26.9 Å². The van der Waals surface area contributed by atoms with Gasteiger partial charge >= 0.3 is 0 Å². The predicted molar refractivity (Wildman–Crippen MR) is 106 cm³/mol. The molecule has 2 aromatic carbocycles. The molecule has 0 aromatic heterocycles. The molecule has 0 saturated carbocycles. The molecule has 8 nitrogen and oxygen atoms in total. The first-order chi connectivity index (χ1) is 13.7. The highest BCUT2D eigenvalue weighted by Gasteiger charge is 2.27. The van der Waals surface area contributed by atoms with E-state index in [9.17, 15) is 14.4 Å². The highest BCUT2D eigenvalue weighted by molar-refractivity contribution is 5.99. The lowest BCUT2D eigenvalue weighted by Crippen LogP contribution is -2.50. The zero-order valence-electron chi connectivity index (χ0n) is 16.4. The van der Waals surface area contributed by atoms with E-state index in [-0.39, 0.29) is 18.1 Å². The Hall–Kier alpha value is -3.55. The van der Waals surface area contributed by atoms with E-state index in [4.69, 9.17) is 9.47 Å². The van der Waals surface area contributed by atoms with Crippen molar-refractivity contribution >= 4 is 23.4 Å². The van der Waals surface area contributed by atoms with Crippen LogP contribution in [0.2, 0.25) is 0 Å². The maximum Gasteiger partial charge on any atom is 0.283 e. The number of para-hydroxylation sites is 2. The van der Waals surface area contributed by atoms with E-state index in [0.29, 0.717) is 17.2 Å². The van der Waals surface area contributed by atoms with Gasteiger partial charge in [0.25, 0.3) is 11.8 Å². The molecule has 152 valence electrons. The van der Waals surface area contributed by atoms with E-state index in [2.05, 4.69) is 16.2 Å². The van der Waals surface area contributed by atoms with Gasteiger partial charge in [0.05, 0.1) is 0 Å². The molecular formula is C21H23N3O5. The number of ether oxygens (including phenoxy) is 2. The Morgan fingerprint density at radius 1 is 0.966 bits per heavy atom. The molecule has 0 fully saturated rings. The monoisotopic (exact) mass is 397 g/mol. The van der Waals surface area contributed by atoms with Crippen LogP contribution >= 0.6 is 0 Å². The lowest BCUT2D eigenvalue weighted by Gasteiger charge is -2.25. The van der Waals surface area contributed by atoms with Crippen molar-refractivity contribution in [3.05, 3.63) is 54.1 Å². The number of benzene rings is 2. The Bertz CT molecular complexity index is 936. The van der Waals surface area contributed by atoms with Crippen molar-refractivity contribution in [3.63, 3.8) is 0 Å². The first-order valence-electron chi connectivity index (χ1n) is 9.14. The lowest BCUT2D eigenvalue weighted by molar-refractivity contribution is -0.131. The Morgan fingerprint density at radius 3 is 2.41 bits per heavy atom. The lowest BCUT2D eigenvalue weighted by atomic mass is 9.95. The fourth-order valence-electron chi connectivity index (χ4n) is 2.48. The quantitative estimate of drug-likeness (QED) is 0.689. The van der Waals surface area contributed by atoms with Gasteiger partial charge in [-0.2, -0.15) is 0 Å². The Labute approximate surface area is 168 Å². The normalized spacial score (nSPS) is 15.2. The molecule has 8 heteroatoms. The fourth-order valence-corrected chi connectivity index (χ4v) is 2.48. The van der Waals surface area contributed by atoms with E-state index < -0.39 is 23.3 Å². The fraction of sp³-hybridized carbons (Fsp3) is 0.286. The summed E-state index contributed by atoms with van der Waals surface area (Å²) in [4.78, 5) is 36.7. The number of amides is 3. The summed E-state index contributed by atoms with van der Waals surface area (Å²) < 4.78 is 11.1. The van der Waals surface area contributed by atoms with Gasteiger partial charge in [0.1, 0.15) is 6.61 Å². The predicted octanol–water partition coefficient (Wildman–Crippen LogP) is 2.27. The molecule has 1 aliphatic heterocycles.